The maximum absolute atomic E-state index is 11.1. The smallest absolute Gasteiger partial charge is 0.0845 e. The Morgan fingerprint density at radius 3 is 2.17 bits per heavy atom. The van der Waals surface area contributed by atoms with Gasteiger partial charge in [0.2, 0.25) is 0 Å². The van der Waals surface area contributed by atoms with Crippen LogP contribution < -0.4 is 0 Å². The zero-order valence-electron chi connectivity index (χ0n) is 18.0. The van der Waals surface area contributed by atoms with Crippen molar-refractivity contribution in [1.29, 1.82) is 0 Å². The van der Waals surface area contributed by atoms with E-state index in [0.717, 1.165) is 40.8 Å². The topological polar surface area (TPSA) is 28.4 Å². The molecule has 1 aromatic heterocycles. The molecular formula is C25H30Cl2N2O. The Morgan fingerprint density at radius 1 is 1.00 bits per heavy atom. The van der Waals surface area contributed by atoms with E-state index in [4.69, 9.17) is 23.2 Å². The number of fused-ring (bicyclic) bond motifs is 5. The number of likely N-dealkylation sites (tertiary alicyclic amines) is 1. The summed E-state index contributed by atoms with van der Waals surface area (Å²) >= 11 is 12.5. The van der Waals surface area contributed by atoms with Crippen molar-refractivity contribution in [2.45, 2.75) is 46.3 Å². The summed E-state index contributed by atoms with van der Waals surface area (Å²) in [5.74, 6) is 0.723. The van der Waals surface area contributed by atoms with Crippen molar-refractivity contribution >= 4 is 45.0 Å². The first-order valence-electron chi connectivity index (χ1n) is 11.0. The lowest BCUT2D eigenvalue weighted by Crippen LogP contribution is -2.53. The second kappa shape index (κ2) is 7.13. The Kier molecular flexibility index (Phi) is 4.90. The number of nitrogens with zero attached hydrogens (tertiary/aromatic N) is 2. The average Bonchev–Trinajstić information content (AvgIpc) is 2.97. The Bertz CT molecular complexity index is 1060. The molecule has 1 saturated carbocycles. The van der Waals surface area contributed by atoms with E-state index in [1.54, 1.807) is 0 Å². The maximum atomic E-state index is 11.1. The minimum atomic E-state index is -0.431. The van der Waals surface area contributed by atoms with Crippen LogP contribution in [-0.2, 0) is 6.54 Å². The second-order valence-electron chi connectivity index (χ2n) is 10.3. The molecule has 3 nitrogen and oxygen atoms in total. The third-order valence-corrected chi connectivity index (χ3v) is 8.79. The quantitative estimate of drug-likeness (QED) is 0.517. The molecule has 2 heterocycles. The molecular weight excluding hydrogens is 415 g/mol. The van der Waals surface area contributed by atoms with Crippen LogP contribution in [0.2, 0.25) is 10.0 Å². The Balaban J connectivity index is 1.42. The number of piperidine rings is 1. The molecule has 0 radical (unpaired) electrons. The Morgan fingerprint density at radius 2 is 1.60 bits per heavy atom. The highest BCUT2D eigenvalue weighted by molar-refractivity contribution is 6.33. The first-order valence-corrected chi connectivity index (χ1v) is 11.7. The van der Waals surface area contributed by atoms with Crippen molar-refractivity contribution in [3.8, 4) is 0 Å². The van der Waals surface area contributed by atoms with Gasteiger partial charge in [-0.15, -0.1) is 0 Å². The number of halogens is 2. The van der Waals surface area contributed by atoms with E-state index in [2.05, 4.69) is 30.2 Å². The molecule has 0 amide bonds. The fourth-order valence-electron chi connectivity index (χ4n) is 6.09. The third kappa shape index (κ3) is 3.17. The van der Waals surface area contributed by atoms with Gasteiger partial charge in [-0.2, -0.15) is 0 Å². The van der Waals surface area contributed by atoms with Crippen LogP contribution in [0, 0.1) is 16.7 Å². The van der Waals surface area contributed by atoms with Crippen molar-refractivity contribution in [3.63, 3.8) is 0 Å². The first kappa shape index (κ1) is 20.6. The van der Waals surface area contributed by atoms with E-state index in [1.807, 2.05) is 36.4 Å². The molecule has 3 atom stereocenters. The monoisotopic (exact) mass is 444 g/mol. The molecule has 160 valence electrons. The van der Waals surface area contributed by atoms with Crippen LogP contribution in [-0.4, -0.2) is 40.3 Å². The Labute approximate surface area is 188 Å². The summed E-state index contributed by atoms with van der Waals surface area (Å²) < 4.78 is 2.21. The molecule has 5 heteroatoms. The molecule has 2 aliphatic rings. The van der Waals surface area contributed by atoms with Crippen LogP contribution in [0.5, 0.6) is 0 Å². The molecule has 2 bridgehead atoms. The van der Waals surface area contributed by atoms with E-state index in [0.29, 0.717) is 34.0 Å². The van der Waals surface area contributed by atoms with Crippen LogP contribution in [0.4, 0.5) is 0 Å². The van der Waals surface area contributed by atoms with E-state index < -0.39 is 6.10 Å². The molecule has 1 aliphatic heterocycles. The molecule has 0 unspecified atom stereocenters. The molecule has 1 N–H and O–H groups in total. The number of benzene rings is 2. The van der Waals surface area contributed by atoms with Gasteiger partial charge in [-0.1, -0.05) is 44.0 Å². The van der Waals surface area contributed by atoms with E-state index in [-0.39, 0.29) is 0 Å². The summed E-state index contributed by atoms with van der Waals surface area (Å²) in [5, 5.41) is 14.7. The number of β-amino-alcohol motifs (C(OH)–C–C–N with tert-alkyl or cyclic N) is 1. The molecule has 5 rings (SSSR count). The molecule has 0 spiro atoms. The molecule has 2 fully saturated rings. The van der Waals surface area contributed by atoms with Gasteiger partial charge in [0.15, 0.2) is 0 Å². The lowest BCUT2D eigenvalue weighted by atomic mass is 9.63. The van der Waals surface area contributed by atoms with Gasteiger partial charge in [-0.3, -0.25) is 4.90 Å². The molecule has 2 aromatic carbocycles. The van der Waals surface area contributed by atoms with Gasteiger partial charge < -0.3 is 9.67 Å². The highest BCUT2D eigenvalue weighted by atomic mass is 35.5. The highest BCUT2D eigenvalue weighted by Crippen LogP contribution is 2.58. The van der Waals surface area contributed by atoms with Crippen LogP contribution in [0.15, 0.2) is 36.4 Å². The zero-order chi connectivity index (χ0) is 21.3. The van der Waals surface area contributed by atoms with Crippen molar-refractivity contribution in [2.75, 3.05) is 19.6 Å². The first-order chi connectivity index (χ1) is 14.2. The highest BCUT2D eigenvalue weighted by Gasteiger charge is 2.55. The van der Waals surface area contributed by atoms with Crippen molar-refractivity contribution < 1.29 is 5.11 Å². The number of rotatable bonds is 4. The number of aromatic nitrogens is 1. The summed E-state index contributed by atoms with van der Waals surface area (Å²) in [5.41, 5.74) is 2.90. The van der Waals surface area contributed by atoms with E-state index in [1.165, 1.54) is 12.8 Å². The molecule has 3 aromatic rings. The normalized spacial score (nSPS) is 27.2. The van der Waals surface area contributed by atoms with Crippen LogP contribution >= 0.6 is 23.2 Å². The zero-order valence-corrected chi connectivity index (χ0v) is 19.5. The van der Waals surface area contributed by atoms with E-state index >= 15 is 0 Å². The predicted octanol–water partition coefficient (Wildman–Crippen LogP) is 6.22. The Hall–Kier alpha value is -1.26. The minimum absolute atomic E-state index is 0.343. The molecule has 1 aliphatic carbocycles. The summed E-state index contributed by atoms with van der Waals surface area (Å²) in [6.45, 7) is 10.8. The van der Waals surface area contributed by atoms with Gasteiger partial charge in [0.1, 0.15) is 0 Å². The summed E-state index contributed by atoms with van der Waals surface area (Å²) in [6.07, 6.45) is 2.18. The van der Waals surface area contributed by atoms with Gasteiger partial charge in [0.25, 0.3) is 0 Å². The van der Waals surface area contributed by atoms with Crippen LogP contribution in [0.1, 0.15) is 33.6 Å². The van der Waals surface area contributed by atoms with Crippen molar-refractivity contribution in [3.05, 3.63) is 46.4 Å². The average molecular weight is 445 g/mol. The molecule has 30 heavy (non-hydrogen) atoms. The second-order valence-corrected chi connectivity index (χ2v) is 11.2. The largest absolute Gasteiger partial charge is 0.390 e. The van der Waals surface area contributed by atoms with Gasteiger partial charge in [0, 0.05) is 51.5 Å². The molecule has 1 saturated heterocycles. The number of hydrogen-bond acceptors (Lipinski definition) is 2. The SMILES string of the molecule is CC1(C)[C@H]2CC[C@]1(C)CN(C[C@@H](O)Cn1c3ccc(Cl)cc3c3cc(Cl)ccc31)C2. The van der Waals surface area contributed by atoms with Crippen molar-refractivity contribution in [1.82, 2.24) is 9.47 Å². The summed E-state index contributed by atoms with van der Waals surface area (Å²) in [4.78, 5) is 2.50. The lowest BCUT2D eigenvalue weighted by Gasteiger charge is -2.50. The minimum Gasteiger partial charge on any atom is -0.390 e. The maximum Gasteiger partial charge on any atom is 0.0845 e. The summed E-state index contributed by atoms with van der Waals surface area (Å²) in [6, 6.07) is 11.9. The van der Waals surface area contributed by atoms with E-state index in [9.17, 15) is 5.11 Å². The number of hydrogen-bond donors (Lipinski definition) is 1. The van der Waals surface area contributed by atoms with Crippen LogP contribution in [0.3, 0.4) is 0 Å². The third-order valence-electron chi connectivity index (χ3n) is 8.32. The standard InChI is InChI=1S/C25H30Cl2N2O/c1-24(2)16-8-9-25(24,3)15-28(12-16)13-19(30)14-29-22-6-4-17(26)10-20(22)21-11-18(27)5-7-23(21)29/h4-7,10-11,16,19,30H,8-9,12-15H2,1-3H3/t16-,19+,25+/m0/s1. The van der Waals surface area contributed by atoms with Crippen molar-refractivity contribution in [2.24, 2.45) is 16.7 Å². The fraction of sp³-hybridized carbons (Fsp3) is 0.520. The van der Waals surface area contributed by atoms with Gasteiger partial charge in [-0.05, 0) is 66.0 Å². The predicted molar refractivity (Wildman–Crippen MR) is 127 cm³/mol. The van der Waals surface area contributed by atoms with Gasteiger partial charge >= 0.3 is 0 Å². The lowest BCUT2D eigenvalue weighted by molar-refractivity contribution is -0.0345. The van der Waals surface area contributed by atoms with Gasteiger partial charge in [-0.25, -0.2) is 0 Å². The van der Waals surface area contributed by atoms with Crippen LogP contribution in [0.25, 0.3) is 21.8 Å². The number of aliphatic hydroxyl groups excluding tert-OH is 1. The van der Waals surface area contributed by atoms with Gasteiger partial charge in [0.05, 0.1) is 12.6 Å². The number of aliphatic hydroxyl groups is 1. The fourth-order valence-corrected chi connectivity index (χ4v) is 6.44. The summed E-state index contributed by atoms with van der Waals surface area (Å²) in [7, 11) is 0.